The Hall–Kier alpha value is -1.40. The van der Waals surface area contributed by atoms with E-state index in [0.717, 1.165) is 11.1 Å². The van der Waals surface area contributed by atoms with Crippen molar-refractivity contribution < 1.29 is 9.59 Å². The predicted molar refractivity (Wildman–Crippen MR) is 118 cm³/mol. The van der Waals surface area contributed by atoms with Crippen molar-refractivity contribution in [1.82, 2.24) is 10.2 Å². The Morgan fingerprint density at radius 3 is 2.32 bits per heavy atom. The topological polar surface area (TPSA) is 49.4 Å². The van der Waals surface area contributed by atoms with Gasteiger partial charge < -0.3 is 10.2 Å². The maximum atomic E-state index is 12.9. The summed E-state index contributed by atoms with van der Waals surface area (Å²) in [5, 5.41) is 4.37. The van der Waals surface area contributed by atoms with Crippen molar-refractivity contribution in [2.24, 2.45) is 0 Å². The van der Waals surface area contributed by atoms with Crippen molar-refractivity contribution in [3.8, 4) is 0 Å². The summed E-state index contributed by atoms with van der Waals surface area (Å²) in [6, 6.07) is 11.9. The third-order valence-corrected chi connectivity index (χ3v) is 5.98. The fourth-order valence-electron chi connectivity index (χ4n) is 2.55. The zero-order chi connectivity index (χ0) is 20.7. The second-order valence-corrected chi connectivity index (χ2v) is 8.43. The van der Waals surface area contributed by atoms with Gasteiger partial charge in [-0.05, 0) is 42.3 Å². The summed E-state index contributed by atoms with van der Waals surface area (Å²) < 4.78 is 0. The lowest BCUT2D eigenvalue weighted by molar-refractivity contribution is -0.138. The molecular weight excluding hydrogens is 439 g/mol. The van der Waals surface area contributed by atoms with Crippen LogP contribution in [0.5, 0.6) is 0 Å². The molecule has 0 heterocycles. The first-order chi connectivity index (χ1) is 13.3. The summed E-state index contributed by atoms with van der Waals surface area (Å²) in [6.45, 7) is 2.04. The Kier molecular flexibility index (Phi) is 8.96. The van der Waals surface area contributed by atoms with Crippen LogP contribution in [0.3, 0.4) is 0 Å². The van der Waals surface area contributed by atoms with E-state index >= 15 is 0 Å². The first-order valence-electron chi connectivity index (χ1n) is 8.59. The second-order valence-electron chi connectivity index (χ2n) is 6.17. The van der Waals surface area contributed by atoms with Crippen LogP contribution < -0.4 is 5.32 Å². The van der Waals surface area contributed by atoms with E-state index in [1.54, 1.807) is 43.1 Å². The van der Waals surface area contributed by atoms with E-state index in [4.69, 9.17) is 34.8 Å². The maximum absolute atomic E-state index is 12.9. The van der Waals surface area contributed by atoms with Gasteiger partial charge in [0.05, 0.1) is 5.75 Å². The molecule has 1 atom stereocenters. The molecule has 1 N–H and O–H groups in total. The standard InChI is InChI=1S/C20H21Cl3N2O2S/c1-13(20(27)24-2)25(10-14-3-6-16(21)7-4-14)19(26)12-28-11-15-5-8-17(22)9-18(15)23/h3-9,13H,10-12H2,1-2H3,(H,24,27). The number of carbonyl (C=O) groups excluding carboxylic acids is 2. The van der Waals surface area contributed by atoms with Gasteiger partial charge in [-0.15, -0.1) is 11.8 Å². The normalized spacial score (nSPS) is 11.8. The molecule has 0 aliphatic heterocycles. The summed E-state index contributed by atoms with van der Waals surface area (Å²) in [6.07, 6.45) is 0. The number of rotatable bonds is 8. The highest BCUT2D eigenvalue weighted by Crippen LogP contribution is 2.25. The number of carbonyl (C=O) groups is 2. The van der Waals surface area contributed by atoms with Gasteiger partial charge in [0.2, 0.25) is 11.8 Å². The third kappa shape index (κ3) is 6.59. The van der Waals surface area contributed by atoms with Crippen molar-refractivity contribution in [1.29, 1.82) is 0 Å². The molecule has 0 bridgehead atoms. The van der Waals surface area contributed by atoms with Crippen molar-refractivity contribution >= 4 is 58.4 Å². The molecule has 2 amide bonds. The van der Waals surface area contributed by atoms with Gasteiger partial charge in [-0.1, -0.05) is 53.0 Å². The van der Waals surface area contributed by atoms with E-state index in [1.807, 2.05) is 18.2 Å². The van der Waals surface area contributed by atoms with Crippen LogP contribution in [0.1, 0.15) is 18.1 Å². The number of hydrogen-bond donors (Lipinski definition) is 1. The highest BCUT2D eigenvalue weighted by molar-refractivity contribution is 7.99. The summed E-state index contributed by atoms with van der Waals surface area (Å²) in [7, 11) is 1.56. The Morgan fingerprint density at radius 2 is 1.71 bits per heavy atom. The summed E-state index contributed by atoms with van der Waals surface area (Å²) in [5.74, 6) is 0.466. The summed E-state index contributed by atoms with van der Waals surface area (Å²) in [4.78, 5) is 26.5. The van der Waals surface area contributed by atoms with E-state index < -0.39 is 6.04 Å². The molecular formula is C20H21Cl3N2O2S. The minimum atomic E-state index is -0.590. The van der Waals surface area contributed by atoms with Gasteiger partial charge in [-0.3, -0.25) is 9.59 Å². The smallest absolute Gasteiger partial charge is 0.242 e. The van der Waals surface area contributed by atoms with Gasteiger partial charge in [0.15, 0.2) is 0 Å². The SMILES string of the molecule is CNC(=O)C(C)N(Cc1ccc(Cl)cc1)C(=O)CSCc1ccc(Cl)cc1Cl. The fraction of sp³-hybridized carbons (Fsp3) is 0.300. The molecule has 0 radical (unpaired) electrons. The molecule has 0 spiro atoms. The average molecular weight is 460 g/mol. The molecule has 0 aliphatic rings. The van der Waals surface area contributed by atoms with Gasteiger partial charge in [0.25, 0.3) is 0 Å². The van der Waals surface area contributed by atoms with E-state index in [-0.39, 0.29) is 17.6 Å². The summed E-state index contributed by atoms with van der Waals surface area (Å²) >= 11 is 19.5. The third-order valence-electron chi connectivity index (χ3n) is 4.18. The van der Waals surface area contributed by atoms with Crippen LogP contribution in [-0.4, -0.2) is 35.6 Å². The molecule has 2 aromatic rings. The monoisotopic (exact) mass is 458 g/mol. The molecule has 0 fully saturated rings. The first-order valence-corrected chi connectivity index (χ1v) is 10.9. The molecule has 0 saturated heterocycles. The number of halogens is 3. The molecule has 150 valence electrons. The number of benzene rings is 2. The highest BCUT2D eigenvalue weighted by Gasteiger charge is 2.25. The Morgan fingerprint density at radius 1 is 1.07 bits per heavy atom. The second kappa shape index (κ2) is 11.0. The minimum Gasteiger partial charge on any atom is -0.357 e. The average Bonchev–Trinajstić information content (AvgIpc) is 2.67. The Labute approximate surface area is 184 Å². The molecule has 0 aliphatic carbocycles. The van der Waals surface area contributed by atoms with Gasteiger partial charge in [-0.2, -0.15) is 0 Å². The molecule has 2 aromatic carbocycles. The van der Waals surface area contributed by atoms with Crippen LogP contribution in [0.2, 0.25) is 15.1 Å². The molecule has 1 unspecified atom stereocenters. The lowest BCUT2D eigenvalue weighted by atomic mass is 10.1. The number of thioether (sulfide) groups is 1. The van der Waals surface area contributed by atoms with Crippen LogP contribution in [0, 0.1) is 0 Å². The van der Waals surface area contributed by atoms with E-state index in [1.165, 1.54) is 11.8 Å². The van der Waals surface area contributed by atoms with Gasteiger partial charge in [0, 0.05) is 34.4 Å². The number of amides is 2. The molecule has 0 aromatic heterocycles. The van der Waals surface area contributed by atoms with Crippen molar-refractivity contribution in [3.05, 3.63) is 68.7 Å². The lowest BCUT2D eigenvalue weighted by Crippen LogP contribution is -2.47. The van der Waals surface area contributed by atoms with Gasteiger partial charge >= 0.3 is 0 Å². The number of hydrogen-bond acceptors (Lipinski definition) is 3. The van der Waals surface area contributed by atoms with Crippen LogP contribution in [-0.2, 0) is 21.9 Å². The number of nitrogens with one attached hydrogen (secondary N) is 1. The largest absolute Gasteiger partial charge is 0.357 e. The van der Waals surface area contributed by atoms with Crippen molar-refractivity contribution in [3.63, 3.8) is 0 Å². The van der Waals surface area contributed by atoms with Crippen LogP contribution in [0.4, 0.5) is 0 Å². The van der Waals surface area contributed by atoms with E-state index in [0.29, 0.717) is 27.4 Å². The molecule has 4 nitrogen and oxygen atoms in total. The molecule has 0 saturated carbocycles. The number of nitrogens with zero attached hydrogens (tertiary/aromatic N) is 1. The Balaban J connectivity index is 2.05. The van der Waals surface area contributed by atoms with E-state index in [2.05, 4.69) is 5.32 Å². The van der Waals surface area contributed by atoms with E-state index in [9.17, 15) is 9.59 Å². The highest BCUT2D eigenvalue weighted by atomic mass is 35.5. The predicted octanol–water partition coefficient (Wildman–Crippen LogP) is 5.04. The first kappa shape index (κ1) is 22.9. The van der Waals surface area contributed by atoms with Crippen LogP contribution in [0.15, 0.2) is 42.5 Å². The quantitative estimate of drug-likeness (QED) is 0.601. The lowest BCUT2D eigenvalue weighted by Gasteiger charge is -2.28. The summed E-state index contributed by atoms with van der Waals surface area (Å²) in [5.41, 5.74) is 1.81. The van der Waals surface area contributed by atoms with Crippen LogP contribution in [0.25, 0.3) is 0 Å². The van der Waals surface area contributed by atoms with Crippen LogP contribution >= 0.6 is 46.6 Å². The number of likely N-dealkylation sites (N-methyl/N-ethyl adjacent to an activating group) is 1. The molecule has 2 rings (SSSR count). The molecule has 28 heavy (non-hydrogen) atoms. The maximum Gasteiger partial charge on any atom is 0.242 e. The zero-order valence-electron chi connectivity index (χ0n) is 15.5. The van der Waals surface area contributed by atoms with Crippen molar-refractivity contribution in [2.75, 3.05) is 12.8 Å². The van der Waals surface area contributed by atoms with Crippen molar-refractivity contribution in [2.45, 2.75) is 25.3 Å². The van der Waals surface area contributed by atoms with Gasteiger partial charge in [-0.25, -0.2) is 0 Å². The molecule has 8 heteroatoms. The minimum absolute atomic E-state index is 0.124. The van der Waals surface area contributed by atoms with Gasteiger partial charge in [0.1, 0.15) is 6.04 Å². The fourth-order valence-corrected chi connectivity index (χ4v) is 4.14. The zero-order valence-corrected chi connectivity index (χ0v) is 18.6. The Bertz CT molecular complexity index is 831.